The number of nitrogens with one attached hydrogen (secondary N) is 1. The van der Waals surface area contributed by atoms with Crippen LogP contribution in [0.3, 0.4) is 0 Å². The maximum absolute atomic E-state index is 4.39. The molecule has 3 rings (SSSR count). The van der Waals surface area contributed by atoms with Crippen molar-refractivity contribution >= 4 is 11.6 Å². The lowest BCUT2D eigenvalue weighted by atomic mass is 10.1. The largest absolute Gasteiger partial charge is 0.366 e. The van der Waals surface area contributed by atoms with E-state index in [1.165, 1.54) is 5.56 Å². The highest BCUT2D eigenvalue weighted by molar-refractivity contribution is 5.42. The van der Waals surface area contributed by atoms with Gasteiger partial charge in [0.05, 0.1) is 5.69 Å². The molecule has 2 aromatic rings. The fraction of sp³-hybridized carbons (Fsp3) is 0.438. The normalized spacial score (nSPS) is 18.6. The number of hydrogen-bond acceptors (Lipinski definition) is 5. The Balaban J connectivity index is 1.67. The van der Waals surface area contributed by atoms with Crippen LogP contribution in [0.5, 0.6) is 0 Å². The Morgan fingerprint density at radius 3 is 2.86 bits per heavy atom. The van der Waals surface area contributed by atoms with Crippen LogP contribution < -0.4 is 10.2 Å². The lowest BCUT2D eigenvalue weighted by Gasteiger charge is -2.34. The van der Waals surface area contributed by atoms with Crippen molar-refractivity contribution in [2.24, 2.45) is 0 Å². The first-order valence-corrected chi connectivity index (χ1v) is 7.45. The van der Waals surface area contributed by atoms with E-state index >= 15 is 0 Å². The van der Waals surface area contributed by atoms with Crippen molar-refractivity contribution in [2.45, 2.75) is 32.7 Å². The number of piperidine rings is 1. The van der Waals surface area contributed by atoms with Crippen LogP contribution in [0, 0.1) is 13.8 Å². The predicted octanol–water partition coefficient (Wildman–Crippen LogP) is 2.57. The van der Waals surface area contributed by atoms with Gasteiger partial charge < -0.3 is 10.2 Å². The molecule has 0 spiro atoms. The molecule has 1 aliphatic heterocycles. The molecule has 1 aliphatic rings. The second-order valence-corrected chi connectivity index (χ2v) is 5.68. The third-order valence-electron chi connectivity index (χ3n) is 3.80. The molecule has 2 aromatic heterocycles. The van der Waals surface area contributed by atoms with E-state index in [1.807, 2.05) is 25.3 Å². The Kier molecular flexibility index (Phi) is 3.99. The standard InChI is InChI=1S/C16H21N5/c1-12-7-8-17-15(10-12)18-14-4-3-9-21(11-14)16-6-5-13(2)19-20-16/h5-8,10,14H,3-4,9,11H2,1-2H3,(H,17,18). The predicted molar refractivity (Wildman–Crippen MR) is 84.6 cm³/mol. The van der Waals surface area contributed by atoms with Gasteiger partial charge in [0.1, 0.15) is 5.82 Å². The van der Waals surface area contributed by atoms with Gasteiger partial charge in [0.25, 0.3) is 0 Å². The number of hydrogen-bond donors (Lipinski definition) is 1. The third-order valence-corrected chi connectivity index (χ3v) is 3.80. The van der Waals surface area contributed by atoms with Gasteiger partial charge in [-0.1, -0.05) is 0 Å². The number of nitrogens with zero attached hydrogens (tertiary/aromatic N) is 4. The maximum atomic E-state index is 4.39. The quantitative estimate of drug-likeness (QED) is 0.938. The Morgan fingerprint density at radius 1 is 1.19 bits per heavy atom. The topological polar surface area (TPSA) is 53.9 Å². The van der Waals surface area contributed by atoms with E-state index in [1.54, 1.807) is 0 Å². The molecule has 0 bridgehead atoms. The van der Waals surface area contributed by atoms with Crippen LogP contribution >= 0.6 is 0 Å². The molecular formula is C16H21N5. The second-order valence-electron chi connectivity index (χ2n) is 5.68. The molecule has 110 valence electrons. The molecule has 1 fully saturated rings. The molecule has 0 aliphatic carbocycles. The minimum atomic E-state index is 0.399. The summed E-state index contributed by atoms with van der Waals surface area (Å²) in [5.41, 5.74) is 2.18. The van der Waals surface area contributed by atoms with E-state index in [9.17, 15) is 0 Å². The molecule has 1 unspecified atom stereocenters. The number of aromatic nitrogens is 3. The highest BCUT2D eigenvalue weighted by Gasteiger charge is 2.21. The molecule has 21 heavy (non-hydrogen) atoms. The smallest absolute Gasteiger partial charge is 0.151 e. The van der Waals surface area contributed by atoms with Crippen molar-refractivity contribution in [3.63, 3.8) is 0 Å². The van der Waals surface area contributed by atoms with Gasteiger partial charge in [-0.15, -0.1) is 5.10 Å². The molecule has 5 nitrogen and oxygen atoms in total. The number of aryl methyl sites for hydroxylation is 2. The maximum Gasteiger partial charge on any atom is 0.151 e. The summed E-state index contributed by atoms with van der Waals surface area (Å²) in [7, 11) is 0. The molecule has 5 heteroatoms. The molecule has 0 amide bonds. The van der Waals surface area contributed by atoms with Crippen LogP contribution in [0.15, 0.2) is 30.5 Å². The van der Waals surface area contributed by atoms with Gasteiger partial charge in [-0.25, -0.2) is 4.98 Å². The van der Waals surface area contributed by atoms with Crippen molar-refractivity contribution in [1.82, 2.24) is 15.2 Å². The second kappa shape index (κ2) is 6.08. The summed E-state index contributed by atoms with van der Waals surface area (Å²) in [6, 6.07) is 8.57. The van der Waals surface area contributed by atoms with Crippen molar-refractivity contribution in [3.8, 4) is 0 Å². The summed E-state index contributed by atoms with van der Waals surface area (Å²) in [5.74, 6) is 1.92. The van der Waals surface area contributed by atoms with Gasteiger partial charge >= 0.3 is 0 Å². The van der Waals surface area contributed by atoms with Crippen LogP contribution in [0.1, 0.15) is 24.1 Å². The van der Waals surface area contributed by atoms with E-state index in [4.69, 9.17) is 0 Å². The van der Waals surface area contributed by atoms with Crippen LogP contribution in [0.25, 0.3) is 0 Å². The number of rotatable bonds is 3. The zero-order valence-corrected chi connectivity index (χ0v) is 12.6. The Labute approximate surface area is 125 Å². The number of pyridine rings is 1. The van der Waals surface area contributed by atoms with Crippen LogP contribution in [0.4, 0.5) is 11.6 Å². The summed E-state index contributed by atoms with van der Waals surface area (Å²) in [6.45, 7) is 6.02. The summed E-state index contributed by atoms with van der Waals surface area (Å²) in [4.78, 5) is 6.68. The minimum Gasteiger partial charge on any atom is -0.366 e. The van der Waals surface area contributed by atoms with Crippen molar-refractivity contribution in [2.75, 3.05) is 23.3 Å². The van der Waals surface area contributed by atoms with E-state index in [0.717, 1.165) is 43.3 Å². The van der Waals surface area contributed by atoms with Gasteiger partial charge in [-0.05, 0) is 56.5 Å². The molecule has 1 saturated heterocycles. The van der Waals surface area contributed by atoms with Crippen LogP contribution in [-0.2, 0) is 0 Å². The molecule has 0 radical (unpaired) electrons. The average molecular weight is 283 g/mol. The van der Waals surface area contributed by atoms with Crippen molar-refractivity contribution in [3.05, 3.63) is 41.7 Å². The van der Waals surface area contributed by atoms with E-state index in [2.05, 4.69) is 44.5 Å². The Bertz CT molecular complexity index is 596. The lowest BCUT2D eigenvalue weighted by molar-refractivity contribution is 0.524. The van der Waals surface area contributed by atoms with E-state index < -0.39 is 0 Å². The molecule has 1 atom stereocenters. The first-order valence-electron chi connectivity index (χ1n) is 7.45. The zero-order valence-electron chi connectivity index (χ0n) is 12.6. The number of anilines is 2. The van der Waals surface area contributed by atoms with Gasteiger partial charge in [0.15, 0.2) is 5.82 Å². The third kappa shape index (κ3) is 3.48. The summed E-state index contributed by atoms with van der Waals surface area (Å²) >= 11 is 0. The Morgan fingerprint density at radius 2 is 2.10 bits per heavy atom. The van der Waals surface area contributed by atoms with Crippen molar-refractivity contribution < 1.29 is 0 Å². The minimum absolute atomic E-state index is 0.399. The average Bonchev–Trinajstić information content (AvgIpc) is 2.48. The zero-order chi connectivity index (χ0) is 14.7. The molecule has 3 heterocycles. The summed E-state index contributed by atoms with van der Waals surface area (Å²) in [5, 5.41) is 12.0. The Hall–Kier alpha value is -2.17. The highest BCUT2D eigenvalue weighted by atomic mass is 15.3. The fourth-order valence-electron chi connectivity index (χ4n) is 2.69. The fourth-order valence-corrected chi connectivity index (χ4v) is 2.69. The van der Waals surface area contributed by atoms with Crippen molar-refractivity contribution in [1.29, 1.82) is 0 Å². The molecule has 0 saturated carbocycles. The molecule has 0 aromatic carbocycles. The molecular weight excluding hydrogens is 262 g/mol. The SMILES string of the molecule is Cc1ccnc(NC2CCCN(c3ccc(C)nn3)C2)c1. The monoisotopic (exact) mass is 283 g/mol. The van der Waals surface area contributed by atoms with E-state index in [-0.39, 0.29) is 0 Å². The van der Waals surface area contributed by atoms with Crippen LogP contribution in [0.2, 0.25) is 0 Å². The van der Waals surface area contributed by atoms with Gasteiger partial charge in [0, 0.05) is 25.3 Å². The van der Waals surface area contributed by atoms with Gasteiger partial charge in [-0.2, -0.15) is 5.10 Å². The van der Waals surface area contributed by atoms with Gasteiger partial charge in [0.2, 0.25) is 0 Å². The van der Waals surface area contributed by atoms with Crippen LogP contribution in [-0.4, -0.2) is 34.3 Å². The van der Waals surface area contributed by atoms with E-state index in [0.29, 0.717) is 6.04 Å². The first kappa shape index (κ1) is 13.8. The summed E-state index contributed by atoms with van der Waals surface area (Å²) in [6.07, 6.45) is 4.16. The lowest BCUT2D eigenvalue weighted by Crippen LogP contribution is -2.42. The molecule has 1 N–H and O–H groups in total. The summed E-state index contributed by atoms with van der Waals surface area (Å²) < 4.78 is 0. The van der Waals surface area contributed by atoms with Gasteiger partial charge in [-0.3, -0.25) is 0 Å². The first-order chi connectivity index (χ1) is 10.2. The highest BCUT2D eigenvalue weighted by Crippen LogP contribution is 2.19.